The molecule has 0 spiro atoms. The third-order valence-corrected chi connectivity index (χ3v) is 3.94. The van der Waals surface area contributed by atoms with E-state index in [0.717, 1.165) is 5.70 Å². The number of nitrogens with zero attached hydrogens (tertiary/aromatic N) is 2. The summed E-state index contributed by atoms with van der Waals surface area (Å²) in [4.78, 5) is 2.06. The second-order valence-electron chi connectivity index (χ2n) is 5.74. The van der Waals surface area contributed by atoms with Crippen LogP contribution in [-0.2, 0) is 7.05 Å². The van der Waals surface area contributed by atoms with E-state index in [1.807, 2.05) is 17.7 Å². The van der Waals surface area contributed by atoms with E-state index in [1.165, 1.54) is 22.3 Å². The molecule has 1 aromatic heterocycles. The van der Waals surface area contributed by atoms with Crippen molar-refractivity contribution in [2.75, 3.05) is 0 Å². The summed E-state index contributed by atoms with van der Waals surface area (Å²) >= 11 is 0. The van der Waals surface area contributed by atoms with Gasteiger partial charge in [-0.25, -0.2) is 4.57 Å². The number of pyridine rings is 1. The van der Waals surface area contributed by atoms with E-state index in [1.54, 1.807) is 0 Å². The summed E-state index contributed by atoms with van der Waals surface area (Å²) in [6.45, 7) is 6.30. The minimum absolute atomic E-state index is 0.964. The molecule has 2 nitrogen and oxygen atoms in total. The highest BCUT2D eigenvalue weighted by Crippen LogP contribution is 2.25. The fourth-order valence-electron chi connectivity index (χ4n) is 2.54. The Balaban J connectivity index is 1.80. The second kappa shape index (κ2) is 6.49. The van der Waals surface area contributed by atoms with Gasteiger partial charge < -0.3 is 4.90 Å². The van der Waals surface area contributed by atoms with Gasteiger partial charge in [-0.2, -0.15) is 0 Å². The summed E-state index contributed by atoms with van der Waals surface area (Å²) in [7, 11) is 2.02. The van der Waals surface area contributed by atoms with E-state index in [9.17, 15) is 0 Å². The zero-order valence-corrected chi connectivity index (χ0v) is 13.6. The Morgan fingerprint density at radius 3 is 2.43 bits per heavy atom. The lowest BCUT2D eigenvalue weighted by atomic mass is 10.0. The zero-order chi connectivity index (χ0) is 16.2. The average molecular weight is 301 g/mol. The van der Waals surface area contributed by atoms with Crippen LogP contribution in [0.1, 0.15) is 18.1 Å². The van der Waals surface area contributed by atoms with Crippen LogP contribution in [0, 0.1) is 0 Å². The van der Waals surface area contributed by atoms with Crippen molar-refractivity contribution in [1.82, 2.24) is 4.90 Å². The van der Waals surface area contributed by atoms with Crippen LogP contribution in [0.25, 0.3) is 11.1 Å². The Morgan fingerprint density at radius 1 is 1.09 bits per heavy atom. The van der Waals surface area contributed by atoms with Gasteiger partial charge in [0.1, 0.15) is 7.05 Å². The summed E-state index contributed by atoms with van der Waals surface area (Å²) < 4.78 is 2.03. The first kappa shape index (κ1) is 15.0. The molecule has 0 saturated carbocycles. The Kier molecular flexibility index (Phi) is 4.24. The highest BCUT2D eigenvalue weighted by atomic mass is 15.1. The average Bonchev–Trinajstić information content (AvgIpc) is 2.58. The third kappa shape index (κ3) is 3.49. The lowest BCUT2D eigenvalue weighted by Crippen LogP contribution is -2.25. The SMILES string of the molecule is C=C1C=C(c2cc[n+](C)cc2)C=CN1/C=C(\C)c1ccccc1. The first-order valence-corrected chi connectivity index (χ1v) is 7.70. The Morgan fingerprint density at radius 2 is 1.78 bits per heavy atom. The molecule has 2 heterocycles. The largest absolute Gasteiger partial charge is 0.324 e. The number of rotatable bonds is 3. The van der Waals surface area contributed by atoms with Crippen molar-refractivity contribution < 1.29 is 4.57 Å². The third-order valence-electron chi connectivity index (χ3n) is 3.94. The predicted molar refractivity (Wildman–Crippen MR) is 95.8 cm³/mol. The molecule has 1 aromatic carbocycles. The molecule has 0 aliphatic carbocycles. The number of benzene rings is 1. The summed E-state index contributed by atoms with van der Waals surface area (Å²) in [5, 5.41) is 0. The quantitative estimate of drug-likeness (QED) is 0.767. The van der Waals surface area contributed by atoms with E-state index in [0.29, 0.717) is 0 Å². The van der Waals surface area contributed by atoms with Crippen molar-refractivity contribution >= 4 is 11.1 Å². The van der Waals surface area contributed by atoms with Crippen LogP contribution in [0.4, 0.5) is 0 Å². The first-order chi connectivity index (χ1) is 11.1. The fraction of sp³-hybridized carbons (Fsp3) is 0.0952. The highest BCUT2D eigenvalue weighted by Gasteiger charge is 2.10. The molecule has 1 aliphatic heterocycles. The molecule has 23 heavy (non-hydrogen) atoms. The van der Waals surface area contributed by atoms with E-state index >= 15 is 0 Å². The molecular weight excluding hydrogens is 280 g/mol. The number of aromatic nitrogens is 1. The molecule has 0 atom stereocenters. The van der Waals surface area contributed by atoms with Crippen molar-refractivity contribution in [3.05, 3.63) is 103 Å². The maximum atomic E-state index is 4.18. The van der Waals surface area contributed by atoms with Gasteiger partial charge in [0.15, 0.2) is 12.4 Å². The lowest BCUT2D eigenvalue weighted by Gasteiger charge is -2.22. The molecule has 0 N–H and O–H groups in total. The van der Waals surface area contributed by atoms with Gasteiger partial charge in [-0.05, 0) is 41.3 Å². The normalized spacial score (nSPS) is 14.9. The molecular formula is C21H21N2+. The van der Waals surface area contributed by atoms with Gasteiger partial charge >= 0.3 is 0 Å². The van der Waals surface area contributed by atoms with Crippen LogP contribution >= 0.6 is 0 Å². The van der Waals surface area contributed by atoms with Crippen LogP contribution in [0.3, 0.4) is 0 Å². The van der Waals surface area contributed by atoms with Gasteiger partial charge in [0.2, 0.25) is 0 Å². The van der Waals surface area contributed by atoms with Crippen molar-refractivity contribution in [1.29, 1.82) is 0 Å². The lowest BCUT2D eigenvalue weighted by molar-refractivity contribution is -0.671. The van der Waals surface area contributed by atoms with Crippen molar-refractivity contribution in [2.24, 2.45) is 7.05 Å². The van der Waals surface area contributed by atoms with Gasteiger partial charge in [-0.3, -0.25) is 0 Å². The van der Waals surface area contributed by atoms with Crippen LogP contribution in [0.5, 0.6) is 0 Å². The van der Waals surface area contributed by atoms with Gasteiger partial charge in [-0.1, -0.05) is 36.9 Å². The van der Waals surface area contributed by atoms with Crippen molar-refractivity contribution in [2.45, 2.75) is 6.92 Å². The van der Waals surface area contributed by atoms with Gasteiger partial charge in [0, 0.05) is 30.2 Å². The number of allylic oxidation sites excluding steroid dienone is 4. The highest BCUT2D eigenvalue weighted by molar-refractivity contribution is 5.77. The molecule has 0 bridgehead atoms. The van der Waals surface area contributed by atoms with Crippen LogP contribution in [-0.4, -0.2) is 4.90 Å². The predicted octanol–water partition coefficient (Wildman–Crippen LogP) is 4.30. The molecule has 114 valence electrons. The van der Waals surface area contributed by atoms with Gasteiger partial charge in [0.25, 0.3) is 0 Å². The molecule has 1 aliphatic rings. The fourth-order valence-corrected chi connectivity index (χ4v) is 2.54. The van der Waals surface area contributed by atoms with Gasteiger partial charge in [0.05, 0.1) is 0 Å². The van der Waals surface area contributed by atoms with E-state index < -0.39 is 0 Å². The second-order valence-corrected chi connectivity index (χ2v) is 5.74. The summed E-state index contributed by atoms with van der Waals surface area (Å²) in [5.41, 5.74) is 5.77. The molecule has 2 aromatic rings. The van der Waals surface area contributed by atoms with E-state index in [-0.39, 0.29) is 0 Å². The Hall–Kier alpha value is -2.87. The molecule has 0 unspecified atom stereocenters. The van der Waals surface area contributed by atoms with E-state index in [4.69, 9.17) is 0 Å². The van der Waals surface area contributed by atoms with Crippen molar-refractivity contribution in [3.63, 3.8) is 0 Å². The van der Waals surface area contributed by atoms with Gasteiger partial charge in [-0.15, -0.1) is 0 Å². The first-order valence-electron chi connectivity index (χ1n) is 7.70. The zero-order valence-electron chi connectivity index (χ0n) is 13.6. The molecule has 0 saturated heterocycles. The Bertz CT molecular complexity index is 793. The number of hydrogen-bond acceptors (Lipinski definition) is 1. The molecule has 0 fully saturated rings. The topological polar surface area (TPSA) is 7.12 Å². The smallest absolute Gasteiger partial charge is 0.169 e. The number of hydrogen-bond donors (Lipinski definition) is 0. The summed E-state index contributed by atoms with van der Waals surface area (Å²) in [5.74, 6) is 0. The summed E-state index contributed by atoms with van der Waals surface area (Å²) in [6.07, 6.45) is 12.5. The molecule has 0 radical (unpaired) electrons. The maximum Gasteiger partial charge on any atom is 0.169 e. The maximum absolute atomic E-state index is 4.18. The molecule has 3 rings (SSSR count). The van der Waals surface area contributed by atoms with Crippen molar-refractivity contribution in [3.8, 4) is 0 Å². The van der Waals surface area contributed by atoms with E-state index in [2.05, 4.69) is 91.7 Å². The minimum atomic E-state index is 0.964. The van der Waals surface area contributed by atoms with Crippen LogP contribution < -0.4 is 4.57 Å². The number of aryl methyl sites for hydroxylation is 1. The van der Waals surface area contributed by atoms with Crippen LogP contribution in [0.2, 0.25) is 0 Å². The monoisotopic (exact) mass is 301 g/mol. The Labute approximate surface area is 138 Å². The molecule has 0 amide bonds. The molecule has 2 heteroatoms. The van der Waals surface area contributed by atoms with Crippen LogP contribution in [0.15, 0.2) is 91.7 Å². The summed E-state index contributed by atoms with van der Waals surface area (Å²) in [6, 6.07) is 14.6. The minimum Gasteiger partial charge on any atom is -0.324 e. The standard InChI is InChI=1S/C21H21N2/c1-17(19-7-5-4-6-8-19)16-23-14-11-21(15-18(23)2)20-9-12-22(3)13-10-20/h4-16H,2H2,1,3H3/q+1/b17-16+.